The van der Waals surface area contributed by atoms with Gasteiger partial charge in [-0.3, -0.25) is 9.69 Å². The van der Waals surface area contributed by atoms with Crippen LogP contribution in [0.2, 0.25) is 0 Å². The molecule has 0 radical (unpaired) electrons. The van der Waals surface area contributed by atoms with Gasteiger partial charge in [0.05, 0.1) is 12.8 Å². The Morgan fingerprint density at radius 1 is 1.18 bits per heavy atom. The summed E-state index contributed by atoms with van der Waals surface area (Å²) in [7, 11) is 0. The average molecular weight is 538 g/mol. The Balaban J connectivity index is 1.04. The quantitative estimate of drug-likeness (QED) is 0.546. The van der Waals surface area contributed by atoms with Crippen LogP contribution >= 0.6 is 0 Å². The van der Waals surface area contributed by atoms with E-state index in [9.17, 15) is 14.4 Å². The van der Waals surface area contributed by atoms with Crippen LogP contribution < -0.4 is 16.3 Å². The summed E-state index contributed by atoms with van der Waals surface area (Å²) in [5.74, 6) is 2.37. The lowest BCUT2D eigenvalue weighted by Gasteiger charge is -2.60. The molecule has 39 heavy (non-hydrogen) atoms. The number of hydrogen-bond donors (Lipinski definition) is 2. The molecule has 7 atom stereocenters. The molecule has 0 bridgehead atoms. The fourth-order valence-electron chi connectivity index (χ4n) is 9.15. The normalized spacial score (nSPS) is 38.1. The van der Waals surface area contributed by atoms with Crippen LogP contribution in [0.3, 0.4) is 0 Å². The number of carbonyl (C=O) groups is 2. The van der Waals surface area contributed by atoms with E-state index in [1.807, 2.05) is 11.0 Å². The van der Waals surface area contributed by atoms with E-state index in [0.29, 0.717) is 55.3 Å². The van der Waals surface area contributed by atoms with Crippen molar-refractivity contribution in [1.29, 1.82) is 0 Å². The first kappa shape index (κ1) is 26.6. The molecule has 1 saturated heterocycles. The van der Waals surface area contributed by atoms with Crippen molar-refractivity contribution >= 4 is 12.0 Å². The summed E-state index contributed by atoms with van der Waals surface area (Å²) in [5, 5.41) is 5.97. The zero-order chi connectivity index (χ0) is 27.2. The third-order valence-corrected chi connectivity index (χ3v) is 11.3. The molecule has 6 rings (SSSR count). The second-order valence-corrected chi connectivity index (χ2v) is 13.2. The molecule has 5 aliphatic rings. The third-order valence-electron chi connectivity index (χ3n) is 11.3. The first-order valence-corrected chi connectivity index (χ1v) is 15.0. The van der Waals surface area contributed by atoms with Gasteiger partial charge in [0.25, 0.3) is 0 Å². The van der Waals surface area contributed by atoms with Crippen molar-refractivity contribution in [2.75, 3.05) is 32.8 Å². The second-order valence-electron chi connectivity index (χ2n) is 13.2. The fourth-order valence-corrected chi connectivity index (χ4v) is 9.15. The van der Waals surface area contributed by atoms with Crippen LogP contribution in [0.5, 0.6) is 0 Å². The molecule has 2 heterocycles. The molecule has 4 fully saturated rings. The van der Waals surface area contributed by atoms with Crippen LogP contribution in [0.25, 0.3) is 0 Å². The molecule has 0 spiro atoms. The van der Waals surface area contributed by atoms with Gasteiger partial charge >= 0.3 is 11.7 Å². The van der Waals surface area contributed by atoms with Crippen molar-refractivity contribution in [1.82, 2.24) is 15.5 Å². The van der Waals surface area contributed by atoms with Crippen molar-refractivity contribution in [3.63, 3.8) is 0 Å². The molecule has 0 unspecified atom stereocenters. The minimum Gasteiger partial charge on any atom is -0.448 e. The monoisotopic (exact) mass is 537 g/mol. The number of nitrogens with zero attached hydrogens (tertiary/aromatic N) is 1. The fraction of sp³-hybridized carbons (Fsp3) is 0.710. The van der Waals surface area contributed by atoms with Gasteiger partial charge in [0.15, 0.2) is 0 Å². The van der Waals surface area contributed by atoms with E-state index in [4.69, 9.17) is 9.15 Å². The van der Waals surface area contributed by atoms with E-state index in [2.05, 4.69) is 30.6 Å². The van der Waals surface area contributed by atoms with Crippen molar-refractivity contribution in [2.45, 2.75) is 77.2 Å². The lowest BCUT2D eigenvalue weighted by atomic mass is 9.45. The largest absolute Gasteiger partial charge is 0.448 e. The summed E-state index contributed by atoms with van der Waals surface area (Å²) in [4.78, 5) is 37.6. The van der Waals surface area contributed by atoms with Crippen LogP contribution in [0.1, 0.15) is 76.7 Å². The highest BCUT2D eigenvalue weighted by Crippen LogP contribution is 2.67. The predicted octanol–water partition coefficient (Wildman–Crippen LogP) is 4.21. The number of nitrogens with one attached hydrogen (secondary N) is 2. The lowest BCUT2D eigenvalue weighted by Crippen LogP contribution is -2.54. The van der Waals surface area contributed by atoms with Gasteiger partial charge in [-0.25, -0.2) is 9.59 Å². The van der Waals surface area contributed by atoms with Gasteiger partial charge < -0.3 is 19.8 Å². The number of amides is 2. The predicted molar refractivity (Wildman–Crippen MR) is 147 cm³/mol. The van der Waals surface area contributed by atoms with Crippen LogP contribution in [0.4, 0.5) is 4.79 Å². The second kappa shape index (κ2) is 10.4. The van der Waals surface area contributed by atoms with E-state index < -0.39 is 0 Å². The number of rotatable bonds is 5. The Kier molecular flexibility index (Phi) is 7.11. The first-order chi connectivity index (χ1) is 18.8. The summed E-state index contributed by atoms with van der Waals surface area (Å²) in [6.45, 7) is 7.68. The number of piperazine rings is 1. The minimum atomic E-state index is -0.328. The minimum absolute atomic E-state index is 0.0309. The Hall–Kier alpha value is -2.61. The van der Waals surface area contributed by atoms with Crippen LogP contribution in [-0.4, -0.2) is 55.7 Å². The van der Waals surface area contributed by atoms with Crippen molar-refractivity contribution in [3.8, 4) is 0 Å². The highest BCUT2D eigenvalue weighted by molar-refractivity contribution is 5.78. The molecule has 8 nitrogen and oxygen atoms in total. The molecule has 0 aromatic carbocycles. The third kappa shape index (κ3) is 4.94. The van der Waals surface area contributed by atoms with E-state index >= 15 is 0 Å². The lowest BCUT2D eigenvalue weighted by molar-refractivity contribution is -0.124. The molecule has 4 aliphatic carbocycles. The van der Waals surface area contributed by atoms with Crippen molar-refractivity contribution in [3.05, 3.63) is 46.0 Å². The summed E-state index contributed by atoms with van der Waals surface area (Å²) >= 11 is 0. The topological polar surface area (TPSA) is 101 Å². The highest BCUT2D eigenvalue weighted by Gasteiger charge is 2.57. The Bertz CT molecular complexity index is 1170. The number of ether oxygens (including phenoxy) is 1. The molecule has 8 heteroatoms. The SMILES string of the molecule is C[C@]12CC[C@H](NC(=O)OCCN3CCNC(=O)C3)C[C@H]1CC[C@H]1C3=CC[C@H](c4ccc(=O)oc4)[C@@]3(C)CC[C@@H]12. The van der Waals surface area contributed by atoms with Crippen LogP contribution in [0.15, 0.2) is 39.3 Å². The Morgan fingerprint density at radius 3 is 2.85 bits per heavy atom. The molecular weight excluding hydrogens is 494 g/mol. The number of hydrogen-bond acceptors (Lipinski definition) is 6. The van der Waals surface area contributed by atoms with Gasteiger partial charge in [-0.1, -0.05) is 25.5 Å². The first-order valence-electron chi connectivity index (χ1n) is 15.0. The van der Waals surface area contributed by atoms with Gasteiger partial charge in [0.2, 0.25) is 5.91 Å². The molecule has 1 aromatic heterocycles. The molecule has 1 aliphatic heterocycles. The maximum Gasteiger partial charge on any atom is 0.407 e. The zero-order valence-electron chi connectivity index (χ0n) is 23.4. The Morgan fingerprint density at radius 2 is 2.05 bits per heavy atom. The average Bonchev–Trinajstić information content (AvgIpc) is 3.27. The molecule has 2 N–H and O–H groups in total. The standard InChI is InChI=1S/C31H43N3O5/c1-30-11-9-22(33-29(37)38-16-15-34-14-13-32-27(35)18-34)17-21(30)4-5-23-25-7-6-24(20-3-8-28(36)39-19-20)31(25,2)12-10-26(23)30/h3,7-8,19,21-24,26H,4-6,9-18H2,1-2H3,(H,32,35)(H,33,37)/t21-,22+,23+,24-,26+,30+,31-/m1/s1. The molecule has 2 amide bonds. The number of fused-ring (bicyclic) bond motifs is 5. The maximum atomic E-state index is 12.5. The molecule has 3 saturated carbocycles. The summed E-state index contributed by atoms with van der Waals surface area (Å²) in [6.07, 6.45) is 12.9. The molecular formula is C31H43N3O5. The Labute approximate surface area is 230 Å². The van der Waals surface area contributed by atoms with Crippen molar-refractivity contribution in [2.24, 2.45) is 28.6 Å². The van der Waals surface area contributed by atoms with Gasteiger partial charge in [0, 0.05) is 31.7 Å². The smallest absolute Gasteiger partial charge is 0.407 e. The summed E-state index contributed by atoms with van der Waals surface area (Å²) in [6, 6.07) is 3.70. The van der Waals surface area contributed by atoms with Gasteiger partial charge in [-0.15, -0.1) is 0 Å². The van der Waals surface area contributed by atoms with Gasteiger partial charge in [-0.2, -0.15) is 0 Å². The number of alkyl carbamates (subject to hydrolysis) is 1. The van der Waals surface area contributed by atoms with E-state index in [1.165, 1.54) is 25.7 Å². The van der Waals surface area contributed by atoms with Gasteiger partial charge in [0.1, 0.15) is 6.61 Å². The molecule has 1 aromatic rings. The highest BCUT2D eigenvalue weighted by atomic mass is 16.5. The van der Waals surface area contributed by atoms with E-state index in [0.717, 1.165) is 37.8 Å². The zero-order valence-corrected chi connectivity index (χ0v) is 23.4. The van der Waals surface area contributed by atoms with Crippen molar-refractivity contribution < 1.29 is 18.7 Å². The molecule has 212 valence electrons. The number of carbonyl (C=O) groups excluding carboxylic acids is 2. The van der Waals surface area contributed by atoms with E-state index in [-0.39, 0.29) is 29.1 Å². The maximum absolute atomic E-state index is 12.5. The van der Waals surface area contributed by atoms with Crippen LogP contribution in [0, 0.1) is 28.6 Å². The summed E-state index contributed by atoms with van der Waals surface area (Å²) in [5.41, 5.74) is 2.98. The van der Waals surface area contributed by atoms with Gasteiger partial charge in [-0.05, 0) is 97.5 Å². The van der Waals surface area contributed by atoms with Crippen LogP contribution in [-0.2, 0) is 9.53 Å². The number of allylic oxidation sites excluding steroid dienone is 2. The summed E-state index contributed by atoms with van der Waals surface area (Å²) < 4.78 is 10.7. The van der Waals surface area contributed by atoms with E-state index in [1.54, 1.807) is 17.9 Å².